The summed E-state index contributed by atoms with van der Waals surface area (Å²) in [4.78, 5) is 26.7. The number of aromatic amines is 1. The van der Waals surface area contributed by atoms with Crippen molar-refractivity contribution in [3.63, 3.8) is 0 Å². The number of carbonyl (C=O) groups excluding carboxylic acids is 1. The predicted octanol–water partition coefficient (Wildman–Crippen LogP) is 1.85. The number of rotatable bonds is 5. The molecule has 0 spiro atoms. The Hall–Kier alpha value is -1.62. The fourth-order valence-corrected chi connectivity index (χ4v) is 3.07. The van der Waals surface area contributed by atoms with Crippen LogP contribution in [0, 0.1) is 11.8 Å². The number of hydrogen-bond acceptors (Lipinski definition) is 3. The van der Waals surface area contributed by atoms with E-state index < -0.39 is 0 Å². The third-order valence-corrected chi connectivity index (χ3v) is 4.10. The van der Waals surface area contributed by atoms with Gasteiger partial charge in [0.1, 0.15) is 0 Å². The lowest BCUT2D eigenvalue weighted by molar-refractivity contribution is 0.0873. The van der Waals surface area contributed by atoms with Crippen molar-refractivity contribution in [2.75, 3.05) is 6.54 Å². The topological polar surface area (TPSA) is 82.2 Å². The molecule has 0 saturated heterocycles. The molecular formula is C17H26N2O3. The average Bonchev–Trinajstić information content (AvgIpc) is 2.43. The highest BCUT2D eigenvalue weighted by molar-refractivity contribution is 5.94. The maximum absolute atomic E-state index is 12.2. The Kier molecular flexibility index (Phi) is 5.77. The fourth-order valence-electron chi connectivity index (χ4n) is 3.07. The monoisotopic (exact) mass is 306 g/mol. The molecular weight excluding hydrogens is 280 g/mol. The molecule has 122 valence electrons. The molecule has 1 aliphatic carbocycles. The van der Waals surface area contributed by atoms with Gasteiger partial charge in [0.2, 0.25) is 5.56 Å². The minimum atomic E-state index is -0.243. The van der Waals surface area contributed by atoms with Gasteiger partial charge in [0.15, 0.2) is 0 Å². The van der Waals surface area contributed by atoms with E-state index >= 15 is 0 Å². The second kappa shape index (κ2) is 7.58. The molecule has 5 nitrogen and oxygen atoms in total. The second-order valence-electron chi connectivity index (χ2n) is 6.75. The second-order valence-corrected chi connectivity index (χ2v) is 6.75. The van der Waals surface area contributed by atoms with Crippen LogP contribution in [0.4, 0.5) is 0 Å². The number of aliphatic hydroxyl groups is 1. The smallest absolute Gasteiger partial charge is 0.251 e. The number of hydrogen-bond donors (Lipinski definition) is 3. The first-order valence-corrected chi connectivity index (χ1v) is 8.13. The van der Waals surface area contributed by atoms with Crippen LogP contribution in [0.5, 0.6) is 0 Å². The van der Waals surface area contributed by atoms with Gasteiger partial charge in [-0.15, -0.1) is 0 Å². The van der Waals surface area contributed by atoms with Gasteiger partial charge in [-0.3, -0.25) is 9.59 Å². The molecule has 0 aliphatic heterocycles. The summed E-state index contributed by atoms with van der Waals surface area (Å²) >= 11 is 0. The summed E-state index contributed by atoms with van der Waals surface area (Å²) < 4.78 is 0. The van der Waals surface area contributed by atoms with Gasteiger partial charge >= 0.3 is 0 Å². The van der Waals surface area contributed by atoms with E-state index in [0.29, 0.717) is 23.9 Å². The van der Waals surface area contributed by atoms with Crippen molar-refractivity contribution in [1.29, 1.82) is 0 Å². The Morgan fingerprint density at radius 3 is 2.86 bits per heavy atom. The van der Waals surface area contributed by atoms with Gasteiger partial charge in [-0.05, 0) is 43.6 Å². The summed E-state index contributed by atoms with van der Waals surface area (Å²) in [7, 11) is 0. The molecule has 1 saturated carbocycles. The molecule has 1 aliphatic rings. The maximum atomic E-state index is 12.2. The van der Waals surface area contributed by atoms with Crippen molar-refractivity contribution >= 4 is 5.91 Å². The zero-order valence-electron chi connectivity index (χ0n) is 13.4. The van der Waals surface area contributed by atoms with E-state index in [1.54, 1.807) is 6.07 Å². The standard InChI is InChI=1S/C17H26N2O3/c1-11(2)6-14-8-13(9-16(21)19-14)17(22)18-10-12-4-3-5-15(20)7-12/h8-9,11-12,15,20H,3-7,10H2,1-2H3,(H,18,22)(H,19,21). The molecule has 1 fully saturated rings. The van der Waals surface area contributed by atoms with E-state index in [0.717, 1.165) is 37.8 Å². The van der Waals surface area contributed by atoms with Crippen LogP contribution in [0.25, 0.3) is 0 Å². The Labute approximate surface area is 131 Å². The zero-order chi connectivity index (χ0) is 16.1. The summed E-state index contributed by atoms with van der Waals surface area (Å²) in [5.74, 6) is 0.527. The summed E-state index contributed by atoms with van der Waals surface area (Å²) in [6.45, 7) is 4.70. The number of carbonyl (C=O) groups is 1. The van der Waals surface area contributed by atoms with E-state index in [9.17, 15) is 14.7 Å². The summed E-state index contributed by atoms with van der Waals surface area (Å²) in [6.07, 6.45) is 4.14. The third-order valence-electron chi connectivity index (χ3n) is 4.10. The third kappa shape index (κ3) is 4.98. The van der Waals surface area contributed by atoms with Crippen molar-refractivity contribution in [2.24, 2.45) is 11.8 Å². The molecule has 1 aromatic rings. The maximum Gasteiger partial charge on any atom is 0.251 e. The van der Waals surface area contributed by atoms with E-state index in [-0.39, 0.29) is 17.6 Å². The lowest BCUT2D eigenvalue weighted by Gasteiger charge is -2.25. The first kappa shape index (κ1) is 16.7. The van der Waals surface area contributed by atoms with Gasteiger partial charge in [-0.2, -0.15) is 0 Å². The molecule has 2 rings (SSSR count). The number of aliphatic hydroxyl groups excluding tert-OH is 1. The lowest BCUT2D eigenvalue weighted by Crippen LogP contribution is -2.33. The molecule has 3 N–H and O–H groups in total. The predicted molar refractivity (Wildman–Crippen MR) is 85.9 cm³/mol. The fraction of sp³-hybridized carbons (Fsp3) is 0.647. The molecule has 5 heteroatoms. The molecule has 22 heavy (non-hydrogen) atoms. The van der Waals surface area contributed by atoms with Crippen molar-refractivity contribution in [2.45, 2.75) is 52.1 Å². The van der Waals surface area contributed by atoms with Gasteiger partial charge in [-0.1, -0.05) is 20.3 Å². The molecule has 0 bridgehead atoms. The van der Waals surface area contributed by atoms with Crippen LogP contribution in [0.1, 0.15) is 55.6 Å². The average molecular weight is 306 g/mol. The van der Waals surface area contributed by atoms with Gasteiger partial charge in [0.25, 0.3) is 5.91 Å². The van der Waals surface area contributed by atoms with Gasteiger partial charge in [0.05, 0.1) is 6.10 Å². The summed E-state index contributed by atoms with van der Waals surface area (Å²) in [6, 6.07) is 3.10. The minimum absolute atomic E-state index is 0.212. The van der Waals surface area contributed by atoms with E-state index in [2.05, 4.69) is 24.1 Å². The number of amides is 1. The number of aromatic nitrogens is 1. The van der Waals surface area contributed by atoms with Crippen LogP contribution < -0.4 is 10.9 Å². The van der Waals surface area contributed by atoms with Crippen LogP contribution in [-0.2, 0) is 6.42 Å². The first-order chi connectivity index (χ1) is 10.4. The van der Waals surface area contributed by atoms with Crippen LogP contribution >= 0.6 is 0 Å². The molecule has 0 aromatic carbocycles. The quantitative estimate of drug-likeness (QED) is 0.776. The van der Waals surface area contributed by atoms with Crippen LogP contribution in [0.2, 0.25) is 0 Å². The molecule has 1 heterocycles. The molecule has 1 aromatic heterocycles. The first-order valence-electron chi connectivity index (χ1n) is 8.13. The van der Waals surface area contributed by atoms with Crippen molar-refractivity contribution in [1.82, 2.24) is 10.3 Å². The van der Waals surface area contributed by atoms with Crippen molar-refractivity contribution in [3.8, 4) is 0 Å². The molecule has 2 atom stereocenters. The number of nitrogens with one attached hydrogen (secondary N) is 2. The summed E-state index contributed by atoms with van der Waals surface area (Å²) in [5.41, 5.74) is 0.966. The Bertz CT molecular complexity index is 565. The van der Waals surface area contributed by atoms with Gasteiger partial charge < -0.3 is 15.4 Å². The highest BCUT2D eigenvalue weighted by atomic mass is 16.3. The molecule has 0 radical (unpaired) electrons. The SMILES string of the molecule is CC(C)Cc1cc(C(=O)NCC2CCCC(O)C2)cc(=O)[nH]1. The highest BCUT2D eigenvalue weighted by Crippen LogP contribution is 2.23. The Balaban J connectivity index is 1.97. The number of pyridine rings is 1. The molecule has 2 unspecified atom stereocenters. The largest absolute Gasteiger partial charge is 0.393 e. The lowest BCUT2D eigenvalue weighted by atomic mass is 9.87. The van der Waals surface area contributed by atoms with E-state index in [1.165, 1.54) is 6.07 Å². The van der Waals surface area contributed by atoms with Crippen molar-refractivity contribution in [3.05, 3.63) is 33.7 Å². The van der Waals surface area contributed by atoms with Gasteiger partial charge in [-0.25, -0.2) is 0 Å². The minimum Gasteiger partial charge on any atom is -0.393 e. The van der Waals surface area contributed by atoms with E-state index in [4.69, 9.17) is 0 Å². The molecule has 1 amide bonds. The van der Waals surface area contributed by atoms with Crippen molar-refractivity contribution < 1.29 is 9.90 Å². The zero-order valence-corrected chi connectivity index (χ0v) is 13.4. The van der Waals surface area contributed by atoms with Crippen LogP contribution in [0.15, 0.2) is 16.9 Å². The Morgan fingerprint density at radius 1 is 1.41 bits per heavy atom. The Morgan fingerprint density at radius 2 is 2.18 bits per heavy atom. The summed E-state index contributed by atoms with van der Waals surface area (Å²) in [5, 5.41) is 12.6. The highest BCUT2D eigenvalue weighted by Gasteiger charge is 2.20. The van der Waals surface area contributed by atoms with Crippen LogP contribution in [-0.4, -0.2) is 28.6 Å². The normalized spacial score (nSPS) is 21.8. The number of H-pyrrole nitrogens is 1. The van der Waals surface area contributed by atoms with E-state index in [1.807, 2.05) is 0 Å². The van der Waals surface area contributed by atoms with Gasteiger partial charge in [0, 0.05) is 23.9 Å². The van der Waals surface area contributed by atoms with Crippen LogP contribution in [0.3, 0.4) is 0 Å².